The van der Waals surface area contributed by atoms with Crippen molar-refractivity contribution < 1.29 is 28.2 Å². The fourth-order valence-electron chi connectivity index (χ4n) is 3.94. The van der Waals surface area contributed by atoms with Gasteiger partial charge in [-0.05, 0) is 42.2 Å². The normalized spacial score (nSPS) is 19.6. The van der Waals surface area contributed by atoms with E-state index in [1.54, 1.807) is 24.3 Å². The molecule has 3 aliphatic rings. The monoisotopic (exact) mass is 475 g/mol. The molecule has 1 saturated heterocycles. The Balaban J connectivity index is 1.16. The second-order valence-electron chi connectivity index (χ2n) is 8.07. The lowest BCUT2D eigenvalue weighted by atomic mass is 10.0. The predicted molar refractivity (Wildman–Crippen MR) is 126 cm³/mol. The molecule has 8 nitrogen and oxygen atoms in total. The number of para-hydroxylation sites is 1. The highest BCUT2D eigenvalue weighted by molar-refractivity contribution is 5.95. The fraction of sp³-hybridized carbons (Fsp3) is 0.192. The van der Waals surface area contributed by atoms with E-state index in [4.69, 9.17) is 14.2 Å². The molecule has 1 aliphatic carbocycles. The number of fused-ring (bicyclic) bond motifs is 1. The molecule has 1 aromatic heterocycles. The van der Waals surface area contributed by atoms with Crippen molar-refractivity contribution in [2.75, 3.05) is 13.1 Å². The van der Waals surface area contributed by atoms with E-state index in [-0.39, 0.29) is 30.4 Å². The van der Waals surface area contributed by atoms with Gasteiger partial charge in [0.25, 0.3) is 0 Å². The number of amides is 2. The number of halogens is 1. The SMILES string of the molecule is O=C(/C=C/c1ccnc2c(F)cccc12)NC[C@@H]1CN(C2=COC=C(C3=CC=CCC3)O2)C(=O)O1. The van der Waals surface area contributed by atoms with Gasteiger partial charge in [0.2, 0.25) is 11.8 Å². The molecule has 0 saturated carbocycles. The number of nitrogens with one attached hydrogen (secondary N) is 1. The average molecular weight is 475 g/mol. The van der Waals surface area contributed by atoms with E-state index in [1.807, 2.05) is 12.2 Å². The number of pyridine rings is 1. The van der Waals surface area contributed by atoms with Gasteiger partial charge in [-0.15, -0.1) is 0 Å². The summed E-state index contributed by atoms with van der Waals surface area (Å²) in [7, 11) is 0. The third-order valence-electron chi connectivity index (χ3n) is 5.70. The Labute approximate surface area is 200 Å². The number of hydrogen-bond acceptors (Lipinski definition) is 6. The van der Waals surface area contributed by atoms with Crippen molar-refractivity contribution in [3.63, 3.8) is 0 Å². The van der Waals surface area contributed by atoms with E-state index in [2.05, 4.69) is 16.4 Å². The van der Waals surface area contributed by atoms with E-state index in [9.17, 15) is 14.0 Å². The fourth-order valence-corrected chi connectivity index (χ4v) is 3.94. The minimum Gasteiger partial charge on any atom is -0.463 e. The van der Waals surface area contributed by atoms with E-state index >= 15 is 0 Å². The lowest BCUT2D eigenvalue weighted by molar-refractivity contribution is -0.116. The molecule has 0 bridgehead atoms. The summed E-state index contributed by atoms with van der Waals surface area (Å²) in [6, 6.07) is 6.37. The van der Waals surface area contributed by atoms with Crippen LogP contribution in [0.25, 0.3) is 17.0 Å². The van der Waals surface area contributed by atoms with E-state index < -0.39 is 18.0 Å². The van der Waals surface area contributed by atoms with Gasteiger partial charge >= 0.3 is 6.09 Å². The second kappa shape index (κ2) is 9.84. The van der Waals surface area contributed by atoms with Crippen LogP contribution in [0.1, 0.15) is 18.4 Å². The molecule has 2 aliphatic heterocycles. The lowest BCUT2D eigenvalue weighted by Crippen LogP contribution is -2.34. The number of benzene rings is 1. The number of nitrogens with zero attached hydrogens (tertiary/aromatic N) is 2. The van der Waals surface area contributed by atoms with Crippen LogP contribution in [0.3, 0.4) is 0 Å². The largest absolute Gasteiger partial charge is 0.463 e. The van der Waals surface area contributed by atoms with Gasteiger partial charge in [-0.25, -0.2) is 14.1 Å². The molecule has 1 fully saturated rings. The summed E-state index contributed by atoms with van der Waals surface area (Å²) in [5.74, 6) is -0.0226. The van der Waals surface area contributed by atoms with Crippen molar-refractivity contribution in [1.29, 1.82) is 0 Å². The summed E-state index contributed by atoms with van der Waals surface area (Å²) in [4.78, 5) is 30.1. The molecule has 178 valence electrons. The van der Waals surface area contributed by atoms with Crippen molar-refractivity contribution in [3.8, 4) is 0 Å². The summed E-state index contributed by atoms with van der Waals surface area (Å²) in [6.45, 7) is 0.308. The number of rotatable bonds is 6. The number of aromatic nitrogens is 1. The molecule has 35 heavy (non-hydrogen) atoms. The number of carbonyl (C=O) groups is 2. The minimum atomic E-state index is -0.585. The van der Waals surface area contributed by atoms with Crippen LogP contribution in [-0.4, -0.2) is 41.1 Å². The molecule has 1 aromatic carbocycles. The van der Waals surface area contributed by atoms with Gasteiger partial charge in [0.05, 0.1) is 13.1 Å². The molecule has 2 aromatic rings. The van der Waals surface area contributed by atoms with Crippen molar-refractivity contribution in [3.05, 3.63) is 95.9 Å². The zero-order valence-corrected chi connectivity index (χ0v) is 18.6. The van der Waals surface area contributed by atoms with Crippen molar-refractivity contribution in [1.82, 2.24) is 15.2 Å². The minimum absolute atomic E-state index is 0.115. The number of allylic oxidation sites excluding steroid dienone is 4. The molecule has 0 spiro atoms. The second-order valence-corrected chi connectivity index (χ2v) is 8.07. The Kier molecular flexibility index (Phi) is 6.30. The van der Waals surface area contributed by atoms with Crippen LogP contribution in [-0.2, 0) is 19.0 Å². The zero-order valence-electron chi connectivity index (χ0n) is 18.6. The zero-order chi connectivity index (χ0) is 24.2. The quantitative estimate of drug-likeness (QED) is 0.627. The first kappa shape index (κ1) is 22.4. The van der Waals surface area contributed by atoms with Crippen LogP contribution in [0.4, 0.5) is 9.18 Å². The maximum atomic E-state index is 13.9. The third-order valence-corrected chi connectivity index (χ3v) is 5.70. The first-order valence-electron chi connectivity index (χ1n) is 11.2. The topological polar surface area (TPSA) is 90.0 Å². The number of ether oxygens (including phenoxy) is 3. The first-order chi connectivity index (χ1) is 17.1. The maximum absolute atomic E-state index is 13.9. The van der Waals surface area contributed by atoms with Gasteiger partial charge in [0.1, 0.15) is 23.7 Å². The van der Waals surface area contributed by atoms with E-state index in [1.165, 1.54) is 35.8 Å². The van der Waals surface area contributed by atoms with E-state index in [0.29, 0.717) is 16.7 Å². The van der Waals surface area contributed by atoms with Gasteiger partial charge in [-0.1, -0.05) is 30.4 Å². The predicted octanol–water partition coefficient (Wildman–Crippen LogP) is 4.29. The van der Waals surface area contributed by atoms with Gasteiger partial charge in [0, 0.05) is 17.7 Å². The molecule has 5 rings (SSSR count). The molecule has 0 radical (unpaired) electrons. The molecule has 9 heteroatoms. The Morgan fingerprint density at radius 2 is 2.20 bits per heavy atom. The maximum Gasteiger partial charge on any atom is 0.417 e. The Bertz CT molecular complexity index is 1330. The molecule has 0 unspecified atom stereocenters. The molecule has 3 heterocycles. The van der Waals surface area contributed by atoms with Crippen LogP contribution < -0.4 is 5.32 Å². The molecular formula is C26H22FN3O5. The lowest BCUT2D eigenvalue weighted by Gasteiger charge is -2.23. The average Bonchev–Trinajstić information content (AvgIpc) is 3.27. The Morgan fingerprint density at radius 3 is 3.06 bits per heavy atom. The summed E-state index contributed by atoms with van der Waals surface area (Å²) >= 11 is 0. The standard InChI is InChI=1S/C26H22FN3O5/c27-21-8-4-7-20-17(11-12-28-25(20)21)9-10-23(31)29-13-19-14-30(26(32)34-19)24-16-33-15-22(35-24)18-5-2-1-3-6-18/h1-2,4-5,7-12,15-16,19H,3,6,13-14H2,(H,29,31)/b10-9+/t19-/m1/s1. The van der Waals surface area contributed by atoms with Crippen LogP contribution in [0.15, 0.2) is 84.5 Å². The smallest absolute Gasteiger partial charge is 0.417 e. The van der Waals surface area contributed by atoms with Gasteiger partial charge < -0.3 is 19.5 Å². The number of cyclic esters (lactones) is 1. The Hall–Kier alpha value is -4.40. The van der Waals surface area contributed by atoms with Crippen LogP contribution in [0.2, 0.25) is 0 Å². The first-order valence-corrected chi connectivity index (χ1v) is 11.2. The molecule has 1 N–H and O–H groups in total. The molecule has 1 atom stereocenters. The highest BCUT2D eigenvalue weighted by atomic mass is 19.1. The van der Waals surface area contributed by atoms with Crippen molar-refractivity contribution in [2.24, 2.45) is 0 Å². The van der Waals surface area contributed by atoms with E-state index in [0.717, 1.165) is 18.4 Å². The summed E-state index contributed by atoms with van der Waals surface area (Å²) in [5, 5.41) is 3.32. The highest BCUT2D eigenvalue weighted by Gasteiger charge is 2.36. The summed E-state index contributed by atoms with van der Waals surface area (Å²) in [5.41, 5.74) is 1.88. The van der Waals surface area contributed by atoms with Crippen LogP contribution in [0, 0.1) is 5.82 Å². The van der Waals surface area contributed by atoms with Gasteiger partial charge in [-0.3, -0.25) is 9.78 Å². The molecule has 2 amide bonds. The third kappa shape index (κ3) is 4.93. The van der Waals surface area contributed by atoms with Crippen LogP contribution >= 0.6 is 0 Å². The van der Waals surface area contributed by atoms with Gasteiger partial charge in [0.15, 0.2) is 12.0 Å². The van der Waals surface area contributed by atoms with Crippen LogP contribution in [0.5, 0.6) is 0 Å². The number of hydrogen-bond donors (Lipinski definition) is 1. The van der Waals surface area contributed by atoms with Crippen molar-refractivity contribution >= 4 is 29.0 Å². The van der Waals surface area contributed by atoms with Crippen molar-refractivity contribution in [2.45, 2.75) is 18.9 Å². The molecular weight excluding hydrogens is 453 g/mol. The Morgan fingerprint density at radius 1 is 1.29 bits per heavy atom. The number of carbonyl (C=O) groups excluding carboxylic acids is 2. The summed E-state index contributed by atoms with van der Waals surface area (Å²) < 4.78 is 30.6. The highest BCUT2D eigenvalue weighted by Crippen LogP contribution is 2.29. The summed E-state index contributed by atoms with van der Waals surface area (Å²) in [6.07, 6.45) is 13.8. The van der Waals surface area contributed by atoms with Gasteiger partial charge in [-0.2, -0.15) is 0 Å².